The smallest absolute Gasteiger partial charge is 0.245 e. The molecule has 0 atom stereocenters. The maximum absolute atomic E-state index is 12.1. The molecule has 0 spiro atoms. The molecule has 0 aliphatic rings. The van der Waals surface area contributed by atoms with Gasteiger partial charge in [0.05, 0.1) is 25.8 Å². The van der Waals surface area contributed by atoms with E-state index in [1.54, 1.807) is 33.1 Å². The predicted molar refractivity (Wildman–Crippen MR) is 99.8 cm³/mol. The molecule has 28 heavy (non-hydrogen) atoms. The first-order chi connectivity index (χ1) is 13.4. The van der Waals surface area contributed by atoms with E-state index in [2.05, 4.69) is 20.8 Å². The van der Waals surface area contributed by atoms with Gasteiger partial charge < -0.3 is 24.3 Å². The molecule has 2 N–H and O–H groups in total. The van der Waals surface area contributed by atoms with Crippen LogP contribution in [0, 0.1) is 13.8 Å². The Hall–Kier alpha value is -3.62. The zero-order valence-corrected chi connectivity index (χ0v) is 15.7. The number of benzene rings is 1. The summed E-state index contributed by atoms with van der Waals surface area (Å²) < 4.78 is 15.7. The fourth-order valence-electron chi connectivity index (χ4n) is 2.48. The summed E-state index contributed by atoms with van der Waals surface area (Å²) in [7, 11) is 1.58. The Balaban J connectivity index is 1.56. The summed E-state index contributed by atoms with van der Waals surface area (Å²) in [6, 6.07) is 8.87. The van der Waals surface area contributed by atoms with Crippen LogP contribution in [0.15, 0.2) is 39.3 Å². The molecule has 9 heteroatoms. The summed E-state index contributed by atoms with van der Waals surface area (Å²) in [6.45, 7) is 3.26. The predicted octanol–water partition coefficient (Wildman–Crippen LogP) is 2.25. The second-order valence-electron chi connectivity index (χ2n) is 6.08. The summed E-state index contributed by atoms with van der Waals surface area (Å²) in [5.74, 6) is 1.74. The van der Waals surface area contributed by atoms with Crippen LogP contribution in [0.1, 0.15) is 17.2 Å². The fourth-order valence-corrected chi connectivity index (χ4v) is 2.48. The average Bonchev–Trinajstić information content (AvgIpc) is 3.25. The molecular formula is C19H20N4O5. The van der Waals surface area contributed by atoms with Crippen molar-refractivity contribution in [3.05, 3.63) is 47.5 Å². The molecule has 9 nitrogen and oxygen atoms in total. The molecule has 2 aromatic heterocycles. The van der Waals surface area contributed by atoms with Crippen LogP contribution < -0.4 is 15.4 Å². The molecule has 2 amide bonds. The van der Waals surface area contributed by atoms with Gasteiger partial charge in [-0.1, -0.05) is 11.2 Å². The number of anilines is 1. The van der Waals surface area contributed by atoms with E-state index in [0.29, 0.717) is 34.7 Å². The first-order valence-corrected chi connectivity index (χ1v) is 8.55. The molecule has 1 aromatic carbocycles. The molecule has 0 saturated heterocycles. The number of rotatable bonds is 7. The molecule has 3 aromatic rings. The number of aryl methyl sites for hydroxylation is 2. The highest BCUT2D eigenvalue weighted by Gasteiger charge is 2.16. The van der Waals surface area contributed by atoms with Gasteiger partial charge in [-0.15, -0.1) is 0 Å². The Labute approximate surface area is 161 Å². The van der Waals surface area contributed by atoms with Crippen molar-refractivity contribution >= 4 is 17.6 Å². The van der Waals surface area contributed by atoms with Crippen molar-refractivity contribution in [3.63, 3.8) is 0 Å². The van der Waals surface area contributed by atoms with Gasteiger partial charge in [-0.05, 0) is 32.0 Å². The Kier molecular flexibility index (Phi) is 5.73. The van der Waals surface area contributed by atoms with Gasteiger partial charge in [-0.2, -0.15) is 0 Å². The summed E-state index contributed by atoms with van der Waals surface area (Å²) in [6.07, 6.45) is -0.00432. The van der Waals surface area contributed by atoms with Gasteiger partial charge in [0.2, 0.25) is 17.7 Å². The zero-order chi connectivity index (χ0) is 20.1. The first kappa shape index (κ1) is 19.2. The van der Waals surface area contributed by atoms with Crippen LogP contribution in [-0.2, 0) is 16.0 Å². The maximum atomic E-state index is 12.1. The highest BCUT2D eigenvalue weighted by Crippen LogP contribution is 2.25. The van der Waals surface area contributed by atoms with Gasteiger partial charge in [0, 0.05) is 11.6 Å². The third kappa shape index (κ3) is 4.76. The molecule has 2 heterocycles. The maximum Gasteiger partial charge on any atom is 0.245 e. The molecular weight excluding hydrogens is 364 g/mol. The van der Waals surface area contributed by atoms with E-state index < -0.39 is 5.91 Å². The van der Waals surface area contributed by atoms with Crippen LogP contribution in [0.4, 0.5) is 5.82 Å². The summed E-state index contributed by atoms with van der Waals surface area (Å²) >= 11 is 0. The molecule has 0 radical (unpaired) electrons. The van der Waals surface area contributed by atoms with Gasteiger partial charge in [-0.25, -0.2) is 4.98 Å². The highest BCUT2D eigenvalue weighted by molar-refractivity contribution is 5.94. The molecule has 0 fully saturated rings. The third-order valence-corrected chi connectivity index (χ3v) is 3.88. The van der Waals surface area contributed by atoms with E-state index in [-0.39, 0.29) is 18.9 Å². The Bertz CT molecular complexity index is 992. The number of methoxy groups -OCH3 is 1. The zero-order valence-electron chi connectivity index (χ0n) is 15.7. The molecule has 0 unspecified atom stereocenters. The van der Waals surface area contributed by atoms with Crippen molar-refractivity contribution in [1.82, 2.24) is 15.5 Å². The number of oxazole rings is 1. The topological polar surface area (TPSA) is 119 Å². The van der Waals surface area contributed by atoms with Crippen molar-refractivity contribution in [2.45, 2.75) is 20.3 Å². The lowest BCUT2D eigenvalue weighted by atomic mass is 10.2. The summed E-state index contributed by atoms with van der Waals surface area (Å²) in [4.78, 5) is 28.4. The lowest BCUT2D eigenvalue weighted by molar-refractivity contribution is -0.123. The van der Waals surface area contributed by atoms with E-state index in [9.17, 15) is 9.59 Å². The second-order valence-corrected chi connectivity index (χ2v) is 6.08. The van der Waals surface area contributed by atoms with Gasteiger partial charge >= 0.3 is 0 Å². The standard InChI is InChI=1S/C19H20N4O5/c1-11-7-16(23-28-11)22-18(25)10-20-17(24)9-15-12(2)27-19(21-15)13-5-4-6-14(8-13)26-3/h4-8H,9-10H2,1-3H3,(H,20,24)(H,22,23,25). The monoisotopic (exact) mass is 384 g/mol. The Morgan fingerprint density at radius 2 is 2.00 bits per heavy atom. The lowest BCUT2D eigenvalue weighted by Gasteiger charge is -2.04. The number of carbonyl (C=O) groups is 2. The van der Waals surface area contributed by atoms with Crippen LogP contribution in [0.5, 0.6) is 5.75 Å². The number of carbonyl (C=O) groups excluding carboxylic acids is 2. The summed E-state index contributed by atoms with van der Waals surface area (Å²) in [5.41, 5.74) is 1.25. The molecule has 0 bridgehead atoms. The third-order valence-electron chi connectivity index (χ3n) is 3.88. The average molecular weight is 384 g/mol. The van der Waals surface area contributed by atoms with Crippen molar-refractivity contribution in [1.29, 1.82) is 0 Å². The molecule has 146 valence electrons. The number of aromatic nitrogens is 2. The van der Waals surface area contributed by atoms with E-state index in [4.69, 9.17) is 13.7 Å². The number of nitrogens with one attached hydrogen (secondary N) is 2. The van der Waals surface area contributed by atoms with Gasteiger partial charge in [0.25, 0.3) is 0 Å². The minimum Gasteiger partial charge on any atom is -0.497 e. The Morgan fingerprint density at radius 3 is 2.71 bits per heavy atom. The number of ether oxygens (including phenoxy) is 1. The minimum absolute atomic E-state index is 0.00432. The van der Waals surface area contributed by atoms with E-state index >= 15 is 0 Å². The van der Waals surface area contributed by atoms with Gasteiger partial charge in [0.1, 0.15) is 17.3 Å². The quantitative estimate of drug-likeness (QED) is 0.641. The minimum atomic E-state index is -0.407. The van der Waals surface area contributed by atoms with Crippen molar-refractivity contribution in [3.8, 4) is 17.2 Å². The van der Waals surface area contributed by atoms with Crippen molar-refractivity contribution in [2.24, 2.45) is 0 Å². The van der Waals surface area contributed by atoms with E-state index in [1.807, 2.05) is 18.2 Å². The van der Waals surface area contributed by atoms with Crippen LogP contribution in [0.25, 0.3) is 11.5 Å². The number of hydrogen-bond donors (Lipinski definition) is 2. The number of amides is 2. The fraction of sp³-hybridized carbons (Fsp3) is 0.263. The van der Waals surface area contributed by atoms with E-state index in [1.165, 1.54) is 0 Å². The summed E-state index contributed by atoms with van der Waals surface area (Å²) in [5, 5.41) is 8.72. The number of hydrogen-bond acceptors (Lipinski definition) is 7. The molecule has 3 rings (SSSR count). The van der Waals surface area contributed by atoms with E-state index in [0.717, 1.165) is 5.56 Å². The van der Waals surface area contributed by atoms with Crippen molar-refractivity contribution < 1.29 is 23.3 Å². The van der Waals surface area contributed by atoms with Crippen LogP contribution >= 0.6 is 0 Å². The van der Waals surface area contributed by atoms with Gasteiger partial charge in [-0.3, -0.25) is 9.59 Å². The normalized spacial score (nSPS) is 10.5. The number of nitrogens with zero attached hydrogens (tertiary/aromatic N) is 2. The largest absolute Gasteiger partial charge is 0.497 e. The second kappa shape index (κ2) is 8.38. The molecule has 0 aliphatic carbocycles. The van der Waals surface area contributed by atoms with Crippen LogP contribution in [0.3, 0.4) is 0 Å². The Morgan fingerprint density at radius 1 is 1.18 bits per heavy atom. The first-order valence-electron chi connectivity index (χ1n) is 8.55. The molecule has 0 aliphatic heterocycles. The SMILES string of the molecule is COc1cccc(-c2nc(CC(=O)NCC(=O)Nc3cc(C)on3)c(C)o2)c1. The van der Waals surface area contributed by atoms with Crippen molar-refractivity contribution in [2.75, 3.05) is 19.0 Å². The van der Waals surface area contributed by atoms with Crippen LogP contribution in [0.2, 0.25) is 0 Å². The van der Waals surface area contributed by atoms with Crippen LogP contribution in [-0.4, -0.2) is 35.6 Å². The lowest BCUT2D eigenvalue weighted by Crippen LogP contribution is -2.34. The molecule has 0 saturated carbocycles. The highest BCUT2D eigenvalue weighted by atomic mass is 16.5. The van der Waals surface area contributed by atoms with Gasteiger partial charge in [0.15, 0.2) is 5.82 Å².